The molecule has 7 nitrogen and oxygen atoms in total. The first-order chi connectivity index (χ1) is 15.3. The Morgan fingerprint density at radius 2 is 1.84 bits per heavy atom. The van der Waals surface area contributed by atoms with E-state index >= 15 is 0 Å². The summed E-state index contributed by atoms with van der Waals surface area (Å²) in [6.45, 7) is 6.74. The minimum absolute atomic E-state index is 0.0232. The predicted octanol–water partition coefficient (Wildman–Crippen LogP) is 5.66. The van der Waals surface area contributed by atoms with E-state index in [-0.39, 0.29) is 12.0 Å². The number of likely N-dealkylation sites (tertiary alicyclic amines) is 1. The second-order valence-electron chi connectivity index (χ2n) is 8.78. The van der Waals surface area contributed by atoms with E-state index in [0.29, 0.717) is 29.8 Å². The average Bonchev–Trinajstić information content (AvgIpc) is 3.25. The highest BCUT2D eigenvalue weighted by Crippen LogP contribution is 2.30. The molecule has 1 aromatic carbocycles. The van der Waals surface area contributed by atoms with E-state index in [1.54, 1.807) is 17.3 Å². The topological polar surface area (TPSA) is 80.2 Å². The van der Waals surface area contributed by atoms with E-state index in [4.69, 9.17) is 26.3 Å². The SMILES string of the molecule is CC(C)(C)OC(=O)N1CC[C@H](c2nc(Nc3ccc(Cl)cc3)cc(-c3ccncc3)n2)C1. The van der Waals surface area contributed by atoms with Crippen molar-refractivity contribution in [3.8, 4) is 11.3 Å². The van der Waals surface area contributed by atoms with Gasteiger partial charge in [-0.05, 0) is 63.6 Å². The second kappa shape index (κ2) is 9.12. The van der Waals surface area contributed by atoms with Gasteiger partial charge in [-0.2, -0.15) is 0 Å². The van der Waals surface area contributed by atoms with Gasteiger partial charge in [-0.3, -0.25) is 4.98 Å². The third-order valence-corrected chi connectivity index (χ3v) is 5.29. The van der Waals surface area contributed by atoms with Gasteiger partial charge in [0.15, 0.2) is 0 Å². The number of carbonyl (C=O) groups is 1. The smallest absolute Gasteiger partial charge is 0.410 e. The first kappa shape index (κ1) is 22.0. The van der Waals surface area contributed by atoms with Crippen molar-refractivity contribution in [1.82, 2.24) is 19.9 Å². The molecule has 4 rings (SSSR count). The molecule has 1 atom stereocenters. The fraction of sp³-hybridized carbons (Fsp3) is 0.333. The van der Waals surface area contributed by atoms with Gasteiger partial charge in [0.1, 0.15) is 17.2 Å². The minimum Gasteiger partial charge on any atom is -0.444 e. The molecule has 8 heteroatoms. The molecule has 1 saturated heterocycles. The second-order valence-corrected chi connectivity index (χ2v) is 9.21. The number of benzene rings is 1. The van der Waals surface area contributed by atoms with E-state index in [0.717, 1.165) is 23.4 Å². The van der Waals surface area contributed by atoms with Crippen molar-refractivity contribution in [2.24, 2.45) is 0 Å². The Morgan fingerprint density at radius 3 is 2.53 bits per heavy atom. The van der Waals surface area contributed by atoms with Crippen molar-refractivity contribution in [3.05, 3.63) is 65.7 Å². The molecular weight excluding hydrogens is 426 g/mol. The maximum Gasteiger partial charge on any atom is 0.410 e. The molecule has 0 spiro atoms. The normalized spacial score (nSPS) is 16.1. The summed E-state index contributed by atoms with van der Waals surface area (Å²) >= 11 is 6.01. The van der Waals surface area contributed by atoms with Crippen molar-refractivity contribution in [2.45, 2.75) is 38.7 Å². The number of ether oxygens (including phenoxy) is 1. The molecule has 0 unspecified atom stereocenters. The lowest BCUT2D eigenvalue weighted by atomic mass is 10.1. The van der Waals surface area contributed by atoms with E-state index in [9.17, 15) is 4.79 Å². The molecule has 1 aliphatic heterocycles. The summed E-state index contributed by atoms with van der Waals surface area (Å²) in [5.41, 5.74) is 2.10. The molecule has 0 radical (unpaired) electrons. The number of carbonyl (C=O) groups excluding carboxylic acids is 1. The fourth-order valence-corrected chi connectivity index (χ4v) is 3.65. The van der Waals surface area contributed by atoms with E-state index in [1.807, 2.05) is 63.2 Å². The highest BCUT2D eigenvalue weighted by Gasteiger charge is 2.32. The zero-order chi connectivity index (χ0) is 22.7. The Balaban J connectivity index is 1.61. The minimum atomic E-state index is -0.525. The summed E-state index contributed by atoms with van der Waals surface area (Å²) in [7, 11) is 0. The molecule has 1 amide bonds. The van der Waals surface area contributed by atoms with Crippen LogP contribution in [0.3, 0.4) is 0 Å². The summed E-state index contributed by atoms with van der Waals surface area (Å²) in [6, 6.07) is 13.2. The van der Waals surface area contributed by atoms with Gasteiger partial charge in [-0.1, -0.05) is 11.6 Å². The summed E-state index contributed by atoms with van der Waals surface area (Å²) in [5, 5.41) is 4.01. The third kappa shape index (κ3) is 5.53. The number of hydrogen-bond acceptors (Lipinski definition) is 6. The van der Waals surface area contributed by atoms with Gasteiger partial charge in [0, 0.05) is 53.7 Å². The lowest BCUT2D eigenvalue weighted by Crippen LogP contribution is -2.35. The summed E-state index contributed by atoms with van der Waals surface area (Å²) in [5.74, 6) is 1.40. The highest BCUT2D eigenvalue weighted by atomic mass is 35.5. The van der Waals surface area contributed by atoms with Crippen LogP contribution < -0.4 is 5.32 Å². The summed E-state index contributed by atoms with van der Waals surface area (Å²) < 4.78 is 5.53. The Kier molecular flexibility index (Phi) is 6.28. The van der Waals surface area contributed by atoms with Crippen LogP contribution in [0.5, 0.6) is 0 Å². The van der Waals surface area contributed by atoms with Crippen molar-refractivity contribution in [3.63, 3.8) is 0 Å². The van der Waals surface area contributed by atoms with Gasteiger partial charge in [-0.25, -0.2) is 14.8 Å². The molecular formula is C24H26ClN5O2. The van der Waals surface area contributed by atoms with Crippen LogP contribution in [0.2, 0.25) is 5.02 Å². The molecule has 1 aliphatic rings. The Morgan fingerprint density at radius 1 is 1.12 bits per heavy atom. The number of nitrogens with one attached hydrogen (secondary N) is 1. The number of anilines is 2. The quantitative estimate of drug-likeness (QED) is 0.551. The van der Waals surface area contributed by atoms with Crippen LogP contribution >= 0.6 is 11.6 Å². The predicted molar refractivity (Wildman–Crippen MR) is 125 cm³/mol. The largest absolute Gasteiger partial charge is 0.444 e. The van der Waals surface area contributed by atoms with Gasteiger partial charge >= 0.3 is 6.09 Å². The van der Waals surface area contributed by atoms with Crippen molar-refractivity contribution >= 4 is 29.2 Å². The maximum atomic E-state index is 12.5. The van der Waals surface area contributed by atoms with Gasteiger partial charge in [0.05, 0.1) is 5.69 Å². The Labute approximate surface area is 192 Å². The molecule has 3 aromatic rings. The number of halogens is 1. The molecule has 0 aliphatic carbocycles. The molecule has 2 aromatic heterocycles. The third-order valence-electron chi connectivity index (χ3n) is 5.04. The first-order valence-electron chi connectivity index (χ1n) is 10.6. The van der Waals surface area contributed by atoms with Gasteiger partial charge < -0.3 is 15.0 Å². The van der Waals surface area contributed by atoms with Crippen LogP contribution in [0, 0.1) is 0 Å². The van der Waals surface area contributed by atoms with Gasteiger partial charge in [-0.15, -0.1) is 0 Å². The molecule has 3 heterocycles. The van der Waals surface area contributed by atoms with Crippen LogP contribution in [0.15, 0.2) is 54.9 Å². The van der Waals surface area contributed by atoms with Crippen LogP contribution in [-0.2, 0) is 4.74 Å². The Hall–Kier alpha value is -3.19. The molecule has 1 N–H and O–H groups in total. The fourth-order valence-electron chi connectivity index (χ4n) is 3.53. The Bertz CT molecular complexity index is 1080. The van der Waals surface area contributed by atoms with Crippen LogP contribution in [0.25, 0.3) is 11.3 Å². The summed E-state index contributed by atoms with van der Waals surface area (Å²) in [4.78, 5) is 27.9. The van der Waals surface area contributed by atoms with Crippen LogP contribution in [0.4, 0.5) is 16.3 Å². The van der Waals surface area contributed by atoms with Gasteiger partial charge in [0.25, 0.3) is 0 Å². The number of nitrogens with zero attached hydrogens (tertiary/aromatic N) is 4. The van der Waals surface area contributed by atoms with Crippen molar-refractivity contribution < 1.29 is 9.53 Å². The molecule has 32 heavy (non-hydrogen) atoms. The van der Waals surface area contributed by atoms with E-state index in [2.05, 4.69) is 10.3 Å². The van der Waals surface area contributed by atoms with E-state index < -0.39 is 5.60 Å². The average molecular weight is 452 g/mol. The maximum absolute atomic E-state index is 12.5. The molecule has 1 fully saturated rings. The molecule has 0 saturated carbocycles. The highest BCUT2D eigenvalue weighted by molar-refractivity contribution is 6.30. The number of pyridine rings is 1. The number of aromatic nitrogens is 3. The summed E-state index contributed by atoms with van der Waals surface area (Å²) in [6.07, 6.45) is 3.95. The number of hydrogen-bond donors (Lipinski definition) is 1. The lowest BCUT2D eigenvalue weighted by molar-refractivity contribution is 0.0292. The molecule has 0 bridgehead atoms. The van der Waals surface area contributed by atoms with Crippen LogP contribution in [-0.4, -0.2) is 44.6 Å². The van der Waals surface area contributed by atoms with E-state index in [1.165, 1.54) is 0 Å². The zero-order valence-electron chi connectivity index (χ0n) is 18.4. The standard InChI is InChI=1S/C24H26ClN5O2/c1-24(2,3)32-23(31)30-13-10-17(15-30)22-28-20(16-8-11-26-12-9-16)14-21(29-22)27-19-6-4-18(25)5-7-19/h4-9,11-12,14,17H,10,13,15H2,1-3H3,(H,27,28,29)/t17-/m0/s1. The molecule has 166 valence electrons. The lowest BCUT2D eigenvalue weighted by Gasteiger charge is -2.24. The monoisotopic (exact) mass is 451 g/mol. The number of amides is 1. The van der Waals surface area contributed by atoms with Crippen molar-refractivity contribution in [2.75, 3.05) is 18.4 Å². The number of rotatable bonds is 4. The van der Waals surface area contributed by atoms with Crippen molar-refractivity contribution in [1.29, 1.82) is 0 Å². The van der Waals surface area contributed by atoms with Crippen LogP contribution in [0.1, 0.15) is 38.9 Å². The first-order valence-corrected chi connectivity index (χ1v) is 10.9. The zero-order valence-corrected chi connectivity index (χ0v) is 19.1. The van der Waals surface area contributed by atoms with Gasteiger partial charge in [0.2, 0.25) is 0 Å².